The highest BCUT2D eigenvalue weighted by Crippen LogP contribution is 2.18. The molecule has 0 fully saturated rings. The maximum Gasteiger partial charge on any atom is 0.286 e. The molecule has 4 aromatic rings. The SMILES string of the molecule is O=C(NCCc1nc2ccccc2n1CCOc1ccc(Cl)cc1)c1ccco1. The first-order valence-electron chi connectivity index (χ1n) is 9.35. The minimum atomic E-state index is -0.233. The minimum absolute atomic E-state index is 0.233. The van der Waals surface area contributed by atoms with Gasteiger partial charge in [-0.1, -0.05) is 23.7 Å². The zero-order chi connectivity index (χ0) is 20.1. The number of furan rings is 1. The van der Waals surface area contributed by atoms with Crippen LogP contribution in [0.4, 0.5) is 0 Å². The van der Waals surface area contributed by atoms with Crippen molar-refractivity contribution < 1.29 is 13.9 Å². The van der Waals surface area contributed by atoms with Crippen molar-refractivity contribution in [3.8, 4) is 5.75 Å². The molecule has 1 amide bonds. The summed E-state index contributed by atoms with van der Waals surface area (Å²) in [4.78, 5) is 16.8. The lowest BCUT2D eigenvalue weighted by atomic mass is 10.3. The second-order valence-corrected chi connectivity index (χ2v) is 6.89. The van der Waals surface area contributed by atoms with E-state index in [0.29, 0.717) is 36.9 Å². The van der Waals surface area contributed by atoms with Gasteiger partial charge in [-0.3, -0.25) is 4.79 Å². The Bertz CT molecular complexity index is 1090. The first-order chi connectivity index (χ1) is 14.2. The van der Waals surface area contributed by atoms with E-state index < -0.39 is 0 Å². The van der Waals surface area contributed by atoms with Crippen molar-refractivity contribution in [2.45, 2.75) is 13.0 Å². The minimum Gasteiger partial charge on any atom is -0.492 e. The number of carbonyl (C=O) groups excluding carboxylic acids is 1. The van der Waals surface area contributed by atoms with Gasteiger partial charge in [-0.25, -0.2) is 4.98 Å². The molecule has 0 bridgehead atoms. The van der Waals surface area contributed by atoms with Crippen LogP contribution in [0.25, 0.3) is 11.0 Å². The fourth-order valence-electron chi connectivity index (χ4n) is 3.13. The summed E-state index contributed by atoms with van der Waals surface area (Å²) in [6.45, 7) is 1.60. The summed E-state index contributed by atoms with van der Waals surface area (Å²) < 4.78 is 13.1. The topological polar surface area (TPSA) is 69.3 Å². The molecule has 0 aliphatic rings. The number of hydrogen-bond acceptors (Lipinski definition) is 4. The second-order valence-electron chi connectivity index (χ2n) is 6.45. The predicted octanol–water partition coefficient (Wildman–Crippen LogP) is 4.33. The van der Waals surface area contributed by atoms with Crippen molar-refractivity contribution >= 4 is 28.5 Å². The van der Waals surface area contributed by atoms with Gasteiger partial charge in [-0.05, 0) is 48.5 Å². The zero-order valence-corrected chi connectivity index (χ0v) is 16.4. The van der Waals surface area contributed by atoms with Gasteiger partial charge >= 0.3 is 0 Å². The van der Waals surface area contributed by atoms with Gasteiger partial charge < -0.3 is 19.0 Å². The van der Waals surface area contributed by atoms with Gasteiger partial charge in [-0.2, -0.15) is 0 Å². The summed E-state index contributed by atoms with van der Waals surface area (Å²) in [7, 11) is 0. The van der Waals surface area contributed by atoms with Crippen LogP contribution in [-0.2, 0) is 13.0 Å². The van der Waals surface area contributed by atoms with Gasteiger partial charge in [0.15, 0.2) is 5.76 Å². The number of rotatable bonds is 8. The van der Waals surface area contributed by atoms with Crippen LogP contribution in [-0.4, -0.2) is 28.6 Å². The standard InChI is InChI=1S/C22H20ClN3O3/c23-16-7-9-17(10-8-16)28-15-13-26-19-5-2-1-4-18(19)25-21(26)11-12-24-22(27)20-6-3-14-29-20/h1-10,14H,11-13,15H2,(H,24,27). The van der Waals surface area contributed by atoms with Crippen LogP contribution in [0.1, 0.15) is 16.4 Å². The summed E-state index contributed by atoms with van der Waals surface area (Å²) >= 11 is 5.91. The van der Waals surface area contributed by atoms with Crippen molar-refractivity contribution in [1.29, 1.82) is 0 Å². The van der Waals surface area contributed by atoms with Crippen molar-refractivity contribution in [2.75, 3.05) is 13.2 Å². The van der Waals surface area contributed by atoms with Gasteiger partial charge in [0, 0.05) is 18.0 Å². The van der Waals surface area contributed by atoms with Crippen molar-refractivity contribution in [1.82, 2.24) is 14.9 Å². The first-order valence-corrected chi connectivity index (χ1v) is 9.73. The Balaban J connectivity index is 1.42. The third kappa shape index (κ3) is 4.60. The van der Waals surface area contributed by atoms with E-state index in [4.69, 9.17) is 25.7 Å². The van der Waals surface area contributed by atoms with Gasteiger partial charge in [0.05, 0.1) is 23.8 Å². The van der Waals surface area contributed by atoms with Crippen LogP contribution in [0, 0.1) is 0 Å². The molecule has 0 saturated carbocycles. The summed E-state index contributed by atoms with van der Waals surface area (Å²) in [5, 5.41) is 3.54. The van der Waals surface area contributed by atoms with Crippen LogP contribution in [0.3, 0.4) is 0 Å². The van der Waals surface area contributed by atoms with E-state index in [2.05, 4.69) is 9.88 Å². The Morgan fingerprint density at radius 1 is 1.10 bits per heavy atom. The van der Waals surface area contributed by atoms with Crippen molar-refractivity contribution in [3.63, 3.8) is 0 Å². The molecule has 0 aliphatic carbocycles. The number of benzene rings is 2. The Morgan fingerprint density at radius 3 is 2.72 bits per heavy atom. The lowest BCUT2D eigenvalue weighted by molar-refractivity contribution is 0.0926. The van der Waals surface area contributed by atoms with E-state index >= 15 is 0 Å². The van der Waals surface area contributed by atoms with Gasteiger partial charge in [0.25, 0.3) is 5.91 Å². The van der Waals surface area contributed by atoms with Crippen molar-refractivity contribution in [2.24, 2.45) is 0 Å². The van der Waals surface area contributed by atoms with E-state index in [1.807, 2.05) is 36.4 Å². The molecule has 0 atom stereocenters. The Morgan fingerprint density at radius 2 is 1.93 bits per heavy atom. The number of imidazole rings is 1. The molecule has 7 heteroatoms. The van der Waals surface area contributed by atoms with Gasteiger partial charge in [0.1, 0.15) is 18.2 Å². The molecule has 6 nitrogen and oxygen atoms in total. The Hall–Kier alpha value is -3.25. The number of amides is 1. The number of halogens is 1. The van der Waals surface area contributed by atoms with E-state index in [1.165, 1.54) is 6.26 Å². The zero-order valence-electron chi connectivity index (χ0n) is 15.7. The molecule has 0 spiro atoms. The van der Waals surface area contributed by atoms with Crippen LogP contribution in [0.2, 0.25) is 5.02 Å². The average Bonchev–Trinajstić information content (AvgIpc) is 3.38. The molecule has 0 unspecified atom stereocenters. The molecule has 2 aromatic heterocycles. The lowest BCUT2D eigenvalue weighted by Gasteiger charge is -2.11. The second kappa shape index (κ2) is 8.84. The van der Waals surface area contributed by atoms with Crippen molar-refractivity contribution in [3.05, 3.63) is 83.5 Å². The van der Waals surface area contributed by atoms with E-state index in [9.17, 15) is 4.79 Å². The maximum atomic E-state index is 12.0. The summed E-state index contributed by atoms with van der Waals surface area (Å²) in [6.07, 6.45) is 2.08. The van der Waals surface area contributed by atoms with E-state index in [1.54, 1.807) is 24.3 Å². The molecular weight excluding hydrogens is 390 g/mol. The maximum absolute atomic E-state index is 12.0. The Kier molecular flexibility index (Phi) is 5.81. The fraction of sp³-hybridized carbons (Fsp3) is 0.182. The highest BCUT2D eigenvalue weighted by atomic mass is 35.5. The number of ether oxygens (including phenoxy) is 1. The monoisotopic (exact) mass is 409 g/mol. The lowest BCUT2D eigenvalue weighted by Crippen LogP contribution is -2.26. The number of carbonyl (C=O) groups is 1. The predicted molar refractivity (Wildman–Crippen MR) is 111 cm³/mol. The van der Waals surface area contributed by atoms with Crippen LogP contribution in [0.5, 0.6) is 5.75 Å². The third-order valence-electron chi connectivity index (χ3n) is 4.51. The van der Waals surface area contributed by atoms with E-state index in [0.717, 1.165) is 22.6 Å². The number of nitrogens with one attached hydrogen (secondary N) is 1. The molecule has 4 rings (SSSR count). The largest absolute Gasteiger partial charge is 0.492 e. The first kappa shape index (κ1) is 19.1. The summed E-state index contributed by atoms with van der Waals surface area (Å²) in [6, 6.07) is 18.6. The smallest absolute Gasteiger partial charge is 0.286 e. The molecule has 0 radical (unpaired) electrons. The molecular formula is C22H20ClN3O3. The third-order valence-corrected chi connectivity index (χ3v) is 4.76. The van der Waals surface area contributed by atoms with Crippen LogP contribution in [0.15, 0.2) is 71.3 Å². The number of fused-ring (bicyclic) bond motifs is 1. The molecule has 148 valence electrons. The highest BCUT2D eigenvalue weighted by molar-refractivity contribution is 6.30. The normalized spacial score (nSPS) is 10.9. The summed E-state index contributed by atoms with van der Waals surface area (Å²) in [5.74, 6) is 1.73. The Labute approximate surface area is 173 Å². The molecule has 2 heterocycles. The fourth-order valence-corrected chi connectivity index (χ4v) is 3.26. The quantitative estimate of drug-likeness (QED) is 0.470. The number of aromatic nitrogens is 2. The van der Waals surface area contributed by atoms with Gasteiger partial charge in [-0.15, -0.1) is 0 Å². The number of hydrogen-bond donors (Lipinski definition) is 1. The number of nitrogens with zero attached hydrogens (tertiary/aromatic N) is 2. The van der Waals surface area contributed by atoms with E-state index in [-0.39, 0.29) is 5.91 Å². The van der Waals surface area contributed by atoms with Crippen LogP contribution >= 0.6 is 11.6 Å². The molecule has 2 aromatic carbocycles. The van der Waals surface area contributed by atoms with Gasteiger partial charge in [0.2, 0.25) is 0 Å². The molecule has 1 N–H and O–H groups in total. The summed E-state index contributed by atoms with van der Waals surface area (Å²) in [5.41, 5.74) is 1.96. The highest BCUT2D eigenvalue weighted by Gasteiger charge is 2.12. The molecule has 0 saturated heterocycles. The van der Waals surface area contributed by atoms with Crippen LogP contribution < -0.4 is 10.1 Å². The number of para-hydroxylation sites is 2. The molecule has 0 aliphatic heterocycles. The average molecular weight is 410 g/mol. The molecule has 29 heavy (non-hydrogen) atoms.